The zero-order valence-electron chi connectivity index (χ0n) is 24.3. The molecule has 1 spiro atoms. The summed E-state index contributed by atoms with van der Waals surface area (Å²) in [4.78, 5) is 25.5. The lowest BCUT2D eigenvalue weighted by atomic mass is 9.51. The average Bonchev–Trinajstić information content (AvgIpc) is 3.70. The molecule has 7 rings (SSSR count). The molecule has 2 aliphatic heterocycles. The molecule has 1 N–H and O–H groups in total. The molecule has 2 bridgehead atoms. The van der Waals surface area contributed by atoms with Gasteiger partial charge in [0.15, 0.2) is 5.76 Å². The fourth-order valence-corrected chi connectivity index (χ4v) is 8.67. The molecule has 3 aliphatic carbocycles. The van der Waals surface area contributed by atoms with Gasteiger partial charge < -0.3 is 24.0 Å². The molecule has 0 aromatic heterocycles. The molecule has 5 atom stereocenters. The van der Waals surface area contributed by atoms with E-state index in [9.17, 15) is 22.8 Å². The van der Waals surface area contributed by atoms with Crippen molar-refractivity contribution >= 4 is 23.3 Å². The summed E-state index contributed by atoms with van der Waals surface area (Å²) < 4.78 is 58.0. The number of anilines is 1. The molecular formula is C33H36F3N2O5+. The number of nitrogens with zero attached hydrogens (tertiary/aromatic N) is 1. The fourth-order valence-electron chi connectivity index (χ4n) is 8.67. The summed E-state index contributed by atoms with van der Waals surface area (Å²) in [6.07, 6.45) is 2.43. The molecule has 1 saturated heterocycles. The predicted octanol–water partition coefficient (Wildman–Crippen LogP) is 6.08. The van der Waals surface area contributed by atoms with Crippen LogP contribution in [0.25, 0.3) is 5.76 Å². The van der Waals surface area contributed by atoms with E-state index in [0.717, 1.165) is 61.5 Å². The SMILES string of the molecule is CC(=O)OC(=C(OC(F)(F)F)C(=O)Nc1ccc2c3c1O[C@H]1CCC[C@H]4[C@@H](C2)[N+](C)(CC2CC2)CC[C@]314)c1ccccc1. The second-order valence-electron chi connectivity index (χ2n) is 13.1. The van der Waals surface area contributed by atoms with E-state index in [1.54, 1.807) is 24.3 Å². The van der Waals surface area contributed by atoms with E-state index in [1.165, 1.54) is 37.1 Å². The van der Waals surface area contributed by atoms with Crippen molar-refractivity contribution in [1.82, 2.24) is 0 Å². The topological polar surface area (TPSA) is 73.9 Å². The highest BCUT2D eigenvalue weighted by atomic mass is 19.4. The number of carbonyl (C=O) groups is 2. The van der Waals surface area contributed by atoms with Crippen LogP contribution in [-0.2, 0) is 30.9 Å². The van der Waals surface area contributed by atoms with E-state index in [2.05, 4.69) is 17.1 Å². The number of hydrogen-bond donors (Lipinski definition) is 1. The molecule has 10 heteroatoms. The zero-order valence-corrected chi connectivity index (χ0v) is 24.3. The number of carbonyl (C=O) groups excluding carboxylic acids is 2. The third-order valence-corrected chi connectivity index (χ3v) is 10.5. The molecule has 2 aromatic rings. The van der Waals surface area contributed by atoms with E-state index in [-0.39, 0.29) is 17.1 Å². The summed E-state index contributed by atoms with van der Waals surface area (Å²) in [6.45, 7) is 3.34. The van der Waals surface area contributed by atoms with Gasteiger partial charge in [-0.15, -0.1) is 13.2 Å². The Balaban J connectivity index is 1.28. The van der Waals surface area contributed by atoms with Gasteiger partial charge >= 0.3 is 12.3 Å². The summed E-state index contributed by atoms with van der Waals surface area (Å²) in [5.41, 5.74) is 2.57. The summed E-state index contributed by atoms with van der Waals surface area (Å²) in [6, 6.07) is 11.9. The van der Waals surface area contributed by atoms with Crippen molar-refractivity contribution < 1.29 is 41.5 Å². The van der Waals surface area contributed by atoms with Crippen LogP contribution >= 0.6 is 0 Å². The molecule has 5 aliphatic rings. The third-order valence-electron chi connectivity index (χ3n) is 10.5. The Morgan fingerprint density at radius 3 is 2.56 bits per heavy atom. The second kappa shape index (κ2) is 10.0. The number of likely N-dealkylation sites (N-methyl/N-ethyl adjacent to an activating group) is 1. The molecule has 0 radical (unpaired) electrons. The van der Waals surface area contributed by atoms with E-state index >= 15 is 0 Å². The average molecular weight is 598 g/mol. The molecule has 1 amide bonds. The van der Waals surface area contributed by atoms with Crippen LogP contribution in [0.4, 0.5) is 18.9 Å². The van der Waals surface area contributed by atoms with Crippen molar-refractivity contribution in [3.05, 3.63) is 64.9 Å². The molecule has 2 saturated carbocycles. The number of ether oxygens (including phenoxy) is 3. The second-order valence-corrected chi connectivity index (χ2v) is 13.1. The third kappa shape index (κ3) is 4.78. The highest BCUT2D eigenvalue weighted by molar-refractivity contribution is 6.08. The van der Waals surface area contributed by atoms with Crippen LogP contribution in [0.1, 0.15) is 62.1 Å². The number of halogens is 3. The number of amides is 1. The lowest BCUT2D eigenvalue weighted by Crippen LogP contribution is -2.70. The monoisotopic (exact) mass is 597 g/mol. The first-order chi connectivity index (χ1) is 20.5. The summed E-state index contributed by atoms with van der Waals surface area (Å²) in [7, 11) is 2.43. The highest BCUT2D eigenvalue weighted by Crippen LogP contribution is 2.64. The van der Waals surface area contributed by atoms with Gasteiger partial charge in [-0.3, -0.25) is 9.59 Å². The molecule has 3 fully saturated rings. The minimum absolute atomic E-state index is 0.0297. The van der Waals surface area contributed by atoms with Crippen LogP contribution in [0.3, 0.4) is 0 Å². The van der Waals surface area contributed by atoms with Crippen LogP contribution in [0, 0.1) is 11.8 Å². The van der Waals surface area contributed by atoms with Crippen molar-refractivity contribution in [2.45, 2.75) is 75.8 Å². The van der Waals surface area contributed by atoms with Crippen molar-refractivity contribution in [3.63, 3.8) is 0 Å². The lowest BCUT2D eigenvalue weighted by molar-refractivity contribution is -0.946. The van der Waals surface area contributed by atoms with Gasteiger partial charge in [0.2, 0.25) is 5.76 Å². The predicted molar refractivity (Wildman–Crippen MR) is 152 cm³/mol. The van der Waals surface area contributed by atoms with E-state index in [4.69, 9.17) is 9.47 Å². The Morgan fingerprint density at radius 2 is 1.86 bits per heavy atom. The first-order valence-corrected chi connectivity index (χ1v) is 15.2. The Kier molecular flexibility index (Phi) is 6.57. The Bertz CT molecular complexity index is 1500. The van der Waals surface area contributed by atoms with Crippen molar-refractivity contribution in [2.24, 2.45) is 11.8 Å². The number of esters is 1. The highest BCUT2D eigenvalue weighted by Gasteiger charge is 2.67. The summed E-state index contributed by atoms with van der Waals surface area (Å²) in [5, 5.41) is 2.64. The van der Waals surface area contributed by atoms with Crippen LogP contribution in [0.15, 0.2) is 48.2 Å². The number of rotatable bonds is 7. The van der Waals surface area contributed by atoms with Crippen LogP contribution in [0.2, 0.25) is 0 Å². The lowest BCUT2D eigenvalue weighted by Gasteiger charge is -2.61. The van der Waals surface area contributed by atoms with Crippen molar-refractivity contribution in [3.8, 4) is 5.75 Å². The number of nitrogens with one attached hydrogen (secondary N) is 1. The number of likely N-dealkylation sites (tertiary alicyclic amines) is 1. The zero-order chi connectivity index (χ0) is 30.1. The van der Waals surface area contributed by atoms with Crippen LogP contribution in [0.5, 0.6) is 5.75 Å². The summed E-state index contributed by atoms with van der Waals surface area (Å²) in [5.74, 6) is -2.02. The van der Waals surface area contributed by atoms with Gasteiger partial charge in [0.25, 0.3) is 5.91 Å². The van der Waals surface area contributed by atoms with Gasteiger partial charge in [-0.2, -0.15) is 0 Å². The van der Waals surface area contributed by atoms with Crippen molar-refractivity contribution in [1.29, 1.82) is 0 Å². The molecule has 43 heavy (non-hydrogen) atoms. The molecule has 7 nitrogen and oxygen atoms in total. The number of quaternary nitrogens is 1. The first-order valence-electron chi connectivity index (χ1n) is 15.2. The van der Waals surface area contributed by atoms with Gasteiger partial charge in [-0.1, -0.05) is 36.4 Å². The number of hydrogen-bond acceptors (Lipinski definition) is 5. The van der Waals surface area contributed by atoms with E-state index < -0.39 is 29.8 Å². The summed E-state index contributed by atoms with van der Waals surface area (Å²) >= 11 is 0. The molecule has 228 valence electrons. The Hall–Kier alpha value is -3.53. The molecule has 2 heterocycles. The van der Waals surface area contributed by atoms with Gasteiger partial charge in [0.1, 0.15) is 11.9 Å². The Morgan fingerprint density at radius 1 is 1.09 bits per heavy atom. The van der Waals surface area contributed by atoms with Gasteiger partial charge in [-0.05, 0) is 43.7 Å². The molecule has 1 unspecified atom stereocenters. The standard InChI is InChI=1S/C33H35F3N2O5/c1-19(39)41-28(21-7-4-3-5-8-21)30(43-33(34,35)36)31(40)37-24-14-13-22-17-25-23-9-6-10-26-32(23,27(22)29(24)42-26)15-16-38(25,2)18-20-11-12-20/h3-5,7-8,13-14,20,23,25-26H,6,9-12,15-18H2,1-2H3/p+1/t23-,25+,26-,32+,38?/m0/s1. The van der Waals surface area contributed by atoms with Crippen LogP contribution < -0.4 is 10.1 Å². The normalized spacial score (nSPS) is 30.9. The maximum absolute atomic E-state index is 13.6. The number of alkyl halides is 3. The number of benzene rings is 2. The fraction of sp³-hybridized carbons (Fsp3) is 0.515. The molecular weight excluding hydrogens is 561 g/mol. The number of piperidine rings is 1. The van der Waals surface area contributed by atoms with Gasteiger partial charge in [-0.25, -0.2) is 0 Å². The smallest absolute Gasteiger partial charge is 0.487 e. The first kappa shape index (κ1) is 28.3. The quantitative estimate of drug-likeness (QED) is 0.181. The van der Waals surface area contributed by atoms with Crippen molar-refractivity contribution in [2.75, 3.05) is 25.5 Å². The maximum atomic E-state index is 13.6. The van der Waals surface area contributed by atoms with Gasteiger partial charge in [0, 0.05) is 42.7 Å². The minimum atomic E-state index is -5.21. The Labute approximate surface area is 248 Å². The molecule has 2 aromatic carbocycles. The van der Waals surface area contributed by atoms with Gasteiger partial charge in [0.05, 0.1) is 37.3 Å². The van der Waals surface area contributed by atoms with E-state index in [0.29, 0.717) is 23.4 Å². The largest absolute Gasteiger partial charge is 0.573 e. The van der Waals surface area contributed by atoms with E-state index in [1.807, 2.05) is 6.07 Å². The minimum Gasteiger partial charge on any atom is -0.487 e. The van der Waals surface area contributed by atoms with Crippen LogP contribution in [-0.4, -0.2) is 55.0 Å². The maximum Gasteiger partial charge on any atom is 0.573 e.